The van der Waals surface area contributed by atoms with Crippen LogP contribution in [-0.2, 0) is 14.3 Å². The summed E-state index contributed by atoms with van der Waals surface area (Å²) < 4.78 is 10.6. The van der Waals surface area contributed by atoms with Crippen molar-refractivity contribution in [2.24, 2.45) is 0 Å². The lowest BCUT2D eigenvalue weighted by Crippen LogP contribution is -2.16. The molecule has 0 amide bonds. The third-order valence-electron chi connectivity index (χ3n) is 2.08. The molecule has 1 aliphatic rings. The van der Waals surface area contributed by atoms with Gasteiger partial charge in [0.1, 0.15) is 8.78 Å². The van der Waals surface area contributed by atoms with Crippen LogP contribution in [0.4, 0.5) is 0 Å². The predicted octanol–water partition coefficient (Wildman–Crippen LogP) is 3.04. The molecule has 112 valence electrons. The van der Waals surface area contributed by atoms with E-state index in [2.05, 4.69) is 6.92 Å². The van der Waals surface area contributed by atoms with Gasteiger partial charge in [-0.15, -0.1) is 11.8 Å². The Balaban J connectivity index is 0.000000443. The lowest BCUT2D eigenvalue weighted by molar-refractivity contribution is -0.136. The van der Waals surface area contributed by atoms with Crippen LogP contribution in [0.15, 0.2) is 0 Å². The minimum atomic E-state index is -0.802. The summed E-state index contributed by atoms with van der Waals surface area (Å²) in [7, 11) is 0. The molecule has 1 aliphatic heterocycles. The van der Waals surface area contributed by atoms with Gasteiger partial charge in [-0.3, -0.25) is 4.79 Å². The Morgan fingerprint density at radius 3 is 2.21 bits per heavy atom. The number of hydrogen-bond donors (Lipinski definition) is 1. The molecule has 1 heterocycles. The van der Waals surface area contributed by atoms with E-state index >= 15 is 0 Å². The predicted molar refractivity (Wildman–Crippen MR) is 86.3 cm³/mol. The van der Waals surface area contributed by atoms with Crippen molar-refractivity contribution in [2.45, 2.75) is 31.9 Å². The molecule has 1 N–H and O–H groups in total. The smallest absolute Gasteiger partial charge is 0.316 e. The number of carbonyl (C=O) groups is 1. The second-order valence-corrected chi connectivity index (χ2v) is 7.41. The molecule has 0 aromatic heterocycles. The molecule has 0 saturated carbocycles. The maximum absolute atomic E-state index is 10.5. The van der Waals surface area contributed by atoms with E-state index in [1.807, 2.05) is 0 Å². The van der Waals surface area contributed by atoms with Crippen LogP contribution < -0.4 is 0 Å². The van der Waals surface area contributed by atoms with E-state index in [0.717, 1.165) is 48.6 Å². The molecular weight excluding hydrogens is 304 g/mol. The van der Waals surface area contributed by atoms with Crippen molar-refractivity contribution in [3.63, 3.8) is 0 Å². The molecule has 0 aromatic rings. The summed E-state index contributed by atoms with van der Waals surface area (Å²) >= 11 is 7.86. The molecule has 1 fully saturated rings. The van der Waals surface area contributed by atoms with Gasteiger partial charge in [-0.2, -0.15) is 0 Å². The third kappa shape index (κ3) is 12.9. The number of thiocarbonyl (C=S) groups is 1. The Hall–Kier alpha value is 0.180. The summed E-state index contributed by atoms with van der Waals surface area (Å²) in [5.74, 6) is 0.192. The zero-order valence-electron chi connectivity index (χ0n) is 11.4. The second-order valence-electron chi connectivity index (χ2n) is 3.78. The fourth-order valence-corrected chi connectivity index (χ4v) is 3.60. The molecule has 1 rings (SSSR count). The van der Waals surface area contributed by atoms with Crippen LogP contribution in [0, 0.1) is 0 Å². The van der Waals surface area contributed by atoms with E-state index in [0.29, 0.717) is 0 Å². The van der Waals surface area contributed by atoms with Crippen LogP contribution in [-0.4, -0.2) is 52.0 Å². The minimum absolute atomic E-state index is 0.429. The van der Waals surface area contributed by atoms with Gasteiger partial charge >= 0.3 is 5.97 Å². The number of ether oxygens (including phenoxy) is 2. The molecule has 0 aromatic carbocycles. The zero-order valence-corrected chi connectivity index (χ0v) is 13.9. The molecule has 0 radical (unpaired) electrons. The summed E-state index contributed by atoms with van der Waals surface area (Å²) in [5.41, 5.74) is 0. The maximum atomic E-state index is 10.5. The molecule has 0 bridgehead atoms. The second kappa shape index (κ2) is 13.2. The summed E-state index contributed by atoms with van der Waals surface area (Å²) in [6.45, 7) is 6.89. The number of aliphatic carboxylic acids is 1. The van der Waals surface area contributed by atoms with Crippen molar-refractivity contribution in [3.8, 4) is 0 Å². The Morgan fingerprint density at radius 1 is 1.32 bits per heavy atom. The van der Waals surface area contributed by atoms with Crippen molar-refractivity contribution in [1.82, 2.24) is 0 Å². The SMILES string of the molecule is C1COCCO1.CCCCSC(=S)SC(C)C(=O)O. The highest BCUT2D eigenvalue weighted by molar-refractivity contribution is 8.47. The molecule has 19 heavy (non-hydrogen) atoms. The van der Waals surface area contributed by atoms with E-state index in [9.17, 15) is 4.79 Å². The van der Waals surface area contributed by atoms with Gasteiger partial charge in [0, 0.05) is 0 Å². The maximum Gasteiger partial charge on any atom is 0.316 e. The monoisotopic (exact) mass is 326 g/mol. The van der Waals surface area contributed by atoms with Gasteiger partial charge in [0.05, 0.1) is 26.4 Å². The Labute approximate surface area is 129 Å². The first-order valence-corrected chi connectivity index (χ1v) is 8.57. The van der Waals surface area contributed by atoms with Gasteiger partial charge in [-0.1, -0.05) is 37.3 Å². The molecule has 1 saturated heterocycles. The Morgan fingerprint density at radius 2 is 1.84 bits per heavy atom. The van der Waals surface area contributed by atoms with Crippen LogP contribution in [0.1, 0.15) is 26.7 Å². The quantitative estimate of drug-likeness (QED) is 0.615. The van der Waals surface area contributed by atoms with Crippen LogP contribution in [0.5, 0.6) is 0 Å². The molecule has 4 nitrogen and oxygen atoms in total. The van der Waals surface area contributed by atoms with Crippen LogP contribution in [0.25, 0.3) is 0 Å². The van der Waals surface area contributed by atoms with Crippen molar-refractivity contribution in [1.29, 1.82) is 0 Å². The molecule has 7 heteroatoms. The third-order valence-corrected chi connectivity index (χ3v) is 4.84. The lowest BCUT2D eigenvalue weighted by atomic mass is 10.4. The fourth-order valence-electron chi connectivity index (χ4n) is 0.968. The molecular formula is C12H22O4S3. The first-order valence-electron chi connectivity index (χ1n) is 6.29. The largest absolute Gasteiger partial charge is 0.480 e. The lowest BCUT2D eigenvalue weighted by Gasteiger charge is -2.09. The van der Waals surface area contributed by atoms with Crippen LogP contribution in [0.2, 0.25) is 0 Å². The van der Waals surface area contributed by atoms with E-state index in [-0.39, 0.29) is 0 Å². The number of carboxylic acids is 1. The van der Waals surface area contributed by atoms with Crippen molar-refractivity contribution in [3.05, 3.63) is 0 Å². The number of thioether (sulfide) groups is 2. The average molecular weight is 327 g/mol. The highest BCUT2D eigenvalue weighted by Crippen LogP contribution is 2.22. The van der Waals surface area contributed by atoms with Gasteiger partial charge < -0.3 is 14.6 Å². The summed E-state index contributed by atoms with van der Waals surface area (Å²) in [4.78, 5) is 10.5. The molecule has 0 spiro atoms. The van der Waals surface area contributed by atoms with E-state index < -0.39 is 11.2 Å². The summed E-state index contributed by atoms with van der Waals surface area (Å²) in [5, 5.41) is 8.18. The highest BCUT2D eigenvalue weighted by atomic mass is 32.2. The van der Waals surface area contributed by atoms with Gasteiger partial charge in [0.15, 0.2) is 0 Å². The number of rotatable bonds is 5. The molecule has 1 atom stereocenters. The number of hydrogen-bond acceptors (Lipinski definition) is 6. The Kier molecular flexibility index (Phi) is 13.3. The number of unbranched alkanes of at least 4 members (excludes halogenated alkanes) is 1. The van der Waals surface area contributed by atoms with E-state index in [1.54, 1.807) is 18.7 Å². The van der Waals surface area contributed by atoms with Crippen molar-refractivity contribution >= 4 is 45.2 Å². The molecule has 1 unspecified atom stereocenters. The minimum Gasteiger partial charge on any atom is -0.480 e. The fraction of sp³-hybridized carbons (Fsp3) is 0.833. The van der Waals surface area contributed by atoms with Crippen molar-refractivity contribution < 1.29 is 19.4 Å². The zero-order chi connectivity index (χ0) is 14.5. The average Bonchev–Trinajstić information content (AvgIpc) is 2.41. The first-order chi connectivity index (χ1) is 9.07. The first kappa shape index (κ1) is 19.2. The van der Waals surface area contributed by atoms with Crippen LogP contribution in [0.3, 0.4) is 0 Å². The highest BCUT2D eigenvalue weighted by Gasteiger charge is 2.13. The summed E-state index contributed by atoms with van der Waals surface area (Å²) in [6.07, 6.45) is 2.28. The van der Waals surface area contributed by atoms with Gasteiger partial charge in [0.25, 0.3) is 0 Å². The molecule has 0 aliphatic carbocycles. The van der Waals surface area contributed by atoms with Gasteiger partial charge in [-0.05, 0) is 19.1 Å². The summed E-state index contributed by atoms with van der Waals surface area (Å²) in [6, 6.07) is 0. The van der Waals surface area contributed by atoms with Gasteiger partial charge in [-0.25, -0.2) is 0 Å². The van der Waals surface area contributed by atoms with Crippen LogP contribution >= 0.6 is 35.7 Å². The normalized spacial score (nSPS) is 16.1. The van der Waals surface area contributed by atoms with E-state index in [4.69, 9.17) is 26.8 Å². The van der Waals surface area contributed by atoms with Crippen molar-refractivity contribution in [2.75, 3.05) is 32.2 Å². The van der Waals surface area contributed by atoms with Gasteiger partial charge in [0.2, 0.25) is 0 Å². The number of carboxylic acid groups (broad SMARTS) is 1. The standard InChI is InChI=1S/C8H14O2S3.C4H8O2/c1-3-4-5-12-8(11)13-6(2)7(9)10;1-2-6-4-3-5-1/h6H,3-5H2,1-2H3,(H,9,10);1-4H2. The van der Waals surface area contributed by atoms with E-state index in [1.165, 1.54) is 11.8 Å². The Bertz CT molecular complexity index is 246. The topological polar surface area (TPSA) is 55.8 Å².